The third-order valence-electron chi connectivity index (χ3n) is 4.43. The summed E-state index contributed by atoms with van der Waals surface area (Å²) in [5.74, 6) is -1.86. The summed E-state index contributed by atoms with van der Waals surface area (Å²) < 4.78 is 26.9. The number of nitrogens with zero attached hydrogens (tertiary/aromatic N) is 2. The topological polar surface area (TPSA) is 26.7 Å². The molecule has 5 heteroatoms. The normalized spacial score (nSPS) is 19.1. The molecule has 0 radical (unpaired) electrons. The maximum absolute atomic E-state index is 13.7. The molecule has 0 aliphatic carbocycles. The van der Waals surface area contributed by atoms with Gasteiger partial charge in [-0.15, -0.1) is 0 Å². The van der Waals surface area contributed by atoms with E-state index in [-0.39, 0.29) is 5.56 Å². The summed E-state index contributed by atoms with van der Waals surface area (Å²) in [6.45, 7) is 5.64. The number of hydrogen-bond acceptors (Lipinski definition) is 3. The molecule has 0 bridgehead atoms. The molecule has 1 N–H and O–H groups in total. The van der Waals surface area contributed by atoms with Crippen molar-refractivity contribution in [3.8, 4) is 0 Å². The molecule has 3 nitrogen and oxygen atoms in total. The monoisotopic (exact) mass is 298 g/mol. The van der Waals surface area contributed by atoms with Gasteiger partial charge in [0.2, 0.25) is 0 Å². The van der Waals surface area contributed by atoms with Crippen molar-refractivity contribution in [2.45, 2.75) is 31.9 Å². The fraction of sp³-hybridized carbons (Fsp3) is 0.625. The van der Waals surface area contributed by atoms with Crippen molar-refractivity contribution in [3.63, 3.8) is 0 Å². The van der Waals surface area contributed by atoms with Gasteiger partial charge in [-0.25, -0.2) is 8.78 Å². The predicted molar refractivity (Wildman–Crippen MR) is 79.1 cm³/mol. The number of aliphatic hydroxyl groups is 1. The van der Waals surface area contributed by atoms with Crippen molar-refractivity contribution in [1.29, 1.82) is 0 Å². The van der Waals surface area contributed by atoms with E-state index in [2.05, 4.69) is 16.7 Å². The largest absolute Gasteiger partial charge is 0.387 e. The number of benzene rings is 1. The Morgan fingerprint density at radius 2 is 2.00 bits per heavy atom. The fourth-order valence-corrected chi connectivity index (χ4v) is 2.97. The first kappa shape index (κ1) is 16.3. The molecule has 0 spiro atoms. The van der Waals surface area contributed by atoms with Crippen molar-refractivity contribution in [1.82, 2.24) is 9.80 Å². The van der Waals surface area contributed by atoms with Crippen molar-refractivity contribution in [2.75, 3.05) is 33.2 Å². The number of aliphatic hydroxyl groups excluding tert-OH is 1. The second-order valence-electron chi connectivity index (χ2n) is 5.76. The maximum Gasteiger partial charge on any atom is 0.164 e. The first-order valence-electron chi connectivity index (χ1n) is 7.57. The number of piperidine rings is 1. The molecule has 1 heterocycles. The Bertz CT molecular complexity index is 462. The Kier molecular flexibility index (Phi) is 5.67. The minimum atomic E-state index is -1.00. The van der Waals surface area contributed by atoms with E-state index in [0.717, 1.165) is 38.5 Å². The van der Waals surface area contributed by atoms with Crippen molar-refractivity contribution in [3.05, 3.63) is 35.4 Å². The third kappa shape index (κ3) is 3.99. The number of halogens is 2. The van der Waals surface area contributed by atoms with Crippen LogP contribution in [0.25, 0.3) is 0 Å². The van der Waals surface area contributed by atoms with E-state index < -0.39 is 17.7 Å². The molecule has 1 aromatic rings. The lowest BCUT2D eigenvalue weighted by Crippen LogP contribution is -2.44. The molecule has 0 saturated carbocycles. The molecule has 1 saturated heterocycles. The summed E-state index contributed by atoms with van der Waals surface area (Å²) in [4.78, 5) is 4.45. The minimum absolute atomic E-state index is 0.0350. The van der Waals surface area contributed by atoms with Crippen LogP contribution in [-0.2, 0) is 0 Å². The summed E-state index contributed by atoms with van der Waals surface area (Å²) in [6, 6.07) is 4.32. The smallest absolute Gasteiger partial charge is 0.164 e. The zero-order valence-electron chi connectivity index (χ0n) is 12.7. The molecule has 1 fully saturated rings. The van der Waals surface area contributed by atoms with E-state index in [1.54, 1.807) is 0 Å². The first-order chi connectivity index (χ1) is 10.0. The van der Waals surface area contributed by atoms with Crippen LogP contribution < -0.4 is 0 Å². The standard InChI is InChI=1S/C16H24F2N2O/c1-3-20-9-7-12(8-10-20)19(2)11-15(21)13-5-4-6-14(17)16(13)18/h4-6,12,15,21H,3,7-11H2,1-2H3. The molecule has 1 aliphatic rings. The van der Waals surface area contributed by atoms with Gasteiger partial charge in [0.1, 0.15) is 0 Å². The van der Waals surface area contributed by atoms with Crippen LogP contribution in [0.15, 0.2) is 18.2 Å². The lowest BCUT2D eigenvalue weighted by Gasteiger charge is -2.37. The van der Waals surface area contributed by atoms with Gasteiger partial charge in [-0.2, -0.15) is 0 Å². The van der Waals surface area contributed by atoms with Crippen LogP contribution in [0.2, 0.25) is 0 Å². The molecule has 1 unspecified atom stereocenters. The van der Waals surface area contributed by atoms with Gasteiger partial charge in [0.25, 0.3) is 0 Å². The highest BCUT2D eigenvalue weighted by Crippen LogP contribution is 2.22. The molecule has 0 amide bonds. The van der Waals surface area contributed by atoms with Gasteiger partial charge < -0.3 is 14.9 Å². The number of likely N-dealkylation sites (tertiary alicyclic amines) is 1. The van der Waals surface area contributed by atoms with E-state index in [9.17, 15) is 13.9 Å². The van der Waals surface area contributed by atoms with E-state index in [4.69, 9.17) is 0 Å². The van der Waals surface area contributed by atoms with Crippen LogP contribution in [0.4, 0.5) is 8.78 Å². The molecule has 1 aliphatic heterocycles. The van der Waals surface area contributed by atoms with E-state index in [0.29, 0.717) is 12.6 Å². The van der Waals surface area contributed by atoms with E-state index >= 15 is 0 Å². The number of likely N-dealkylation sites (N-methyl/N-ethyl adjacent to an activating group) is 1. The number of rotatable bonds is 5. The van der Waals surface area contributed by atoms with Crippen LogP contribution >= 0.6 is 0 Å². The number of hydrogen-bond donors (Lipinski definition) is 1. The zero-order chi connectivity index (χ0) is 15.4. The second kappa shape index (κ2) is 7.29. The van der Waals surface area contributed by atoms with Gasteiger partial charge in [-0.1, -0.05) is 19.1 Å². The Hall–Kier alpha value is -1.04. The van der Waals surface area contributed by atoms with E-state index in [1.807, 2.05) is 7.05 Å². The fourth-order valence-electron chi connectivity index (χ4n) is 2.97. The van der Waals surface area contributed by atoms with Crippen molar-refractivity contribution < 1.29 is 13.9 Å². The molecule has 21 heavy (non-hydrogen) atoms. The molecular formula is C16H24F2N2O. The molecule has 1 atom stereocenters. The van der Waals surface area contributed by atoms with Gasteiger partial charge >= 0.3 is 0 Å². The molecule has 0 aromatic heterocycles. The SMILES string of the molecule is CCN1CCC(N(C)CC(O)c2cccc(F)c2F)CC1. The summed E-state index contributed by atoms with van der Waals surface area (Å²) >= 11 is 0. The maximum atomic E-state index is 13.7. The molecule has 1 aromatic carbocycles. The van der Waals surface area contributed by atoms with Crippen LogP contribution in [0, 0.1) is 11.6 Å². The summed E-state index contributed by atoms with van der Waals surface area (Å²) in [5, 5.41) is 10.2. The third-order valence-corrected chi connectivity index (χ3v) is 4.43. The van der Waals surface area contributed by atoms with Crippen molar-refractivity contribution in [2.24, 2.45) is 0 Å². The lowest BCUT2D eigenvalue weighted by atomic mass is 10.0. The average Bonchev–Trinajstić information content (AvgIpc) is 2.50. The Balaban J connectivity index is 1.93. The highest BCUT2D eigenvalue weighted by molar-refractivity contribution is 5.21. The predicted octanol–water partition coefficient (Wildman–Crippen LogP) is 2.41. The van der Waals surface area contributed by atoms with Crippen LogP contribution in [0.3, 0.4) is 0 Å². The minimum Gasteiger partial charge on any atom is -0.387 e. The molecule has 2 rings (SSSR count). The quantitative estimate of drug-likeness (QED) is 0.904. The van der Waals surface area contributed by atoms with Crippen LogP contribution in [-0.4, -0.2) is 54.2 Å². The molecule has 118 valence electrons. The van der Waals surface area contributed by atoms with Gasteiger partial charge in [0.05, 0.1) is 6.10 Å². The first-order valence-corrected chi connectivity index (χ1v) is 7.57. The highest BCUT2D eigenvalue weighted by atomic mass is 19.2. The van der Waals surface area contributed by atoms with Gasteiger partial charge in [-0.05, 0) is 45.6 Å². The summed E-state index contributed by atoms with van der Waals surface area (Å²) in [6.07, 6.45) is 1.08. The average molecular weight is 298 g/mol. The van der Waals surface area contributed by atoms with Crippen LogP contribution in [0.1, 0.15) is 31.4 Å². The van der Waals surface area contributed by atoms with Gasteiger partial charge in [-0.3, -0.25) is 0 Å². The van der Waals surface area contributed by atoms with Gasteiger partial charge in [0, 0.05) is 18.2 Å². The van der Waals surface area contributed by atoms with Gasteiger partial charge in [0.15, 0.2) is 11.6 Å². The Morgan fingerprint density at radius 3 is 2.62 bits per heavy atom. The second-order valence-corrected chi connectivity index (χ2v) is 5.76. The summed E-state index contributed by atoms with van der Waals surface area (Å²) in [7, 11) is 1.94. The van der Waals surface area contributed by atoms with E-state index in [1.165, 1.54) is 12.1 Å². The van der Waals surface area contributed by atoms with Crippen LogP contribution in [0.5, 0.6) is 0 Å². The Labute approximate surface area is 125 Å². The Morgan fingerprint density at radius 1 is 1.33 bits per heavy atom. The molecular weight excluding hydrogens is 274 g/mol. The summed E-state index contributed by atoms with van der Waals surface area (Å²) in [5.41, 5.74) is 0.0350. The highest BCUT2D eigenvalue weighted by Gasteiger charge is 2.24. The zero-order valence-corrected chi connectivity index (χ0v) is 12.7. The lowest BCUT2D eigenvalue weighted by molar-refractivity contribution is 0.0728. The van der Waals surface area contributed by atoms with Crippen molar-refractivity contribution >= 4 is 0 Å².